The molecule has 0 N–H and O–H groups in total. The fourth-order valence-electron chi connectivity index (χ4n) is 4.13. The maximum absolute atomic E-state index is 12.8. The molecule has 0 saturated carbocycles. The number of amides is 1. The number of fused-ring (bicyclic) bond motifs is 1. The lowest BCUT2D eigenvalue weighted by molar-refractivity contribution is -0.132. The van der Waals surface area contributed by atoms with Gasteiger partial charge in [-0.2, -0.15) is 0 Å². The second kappa shape index (κ2) is 9.01. The van der Waals surface area contributed by atoms with Crippen LogP contribution in [-0.2, 0) is 21.2 Å². The first-order valence-electron chi connectivity index (χ1n) is 10.5. The van der Waals surface area contributed by atoms with E-state index in [1.165, 1.54) is 0 Å². The van der Waals surface area contributed by atoms with E-state index >= 15 is 0 Å². The number of carbonyl (C=O) groups excluding carboxylic acids is 1. The number of imidazole rings is 1. The summed E-state index contributed by atoms with van der Waals surface area (Å²) >= 11 is 5.99. The van der Waals surface area contributed by atoms with E-state index in [1.54, 1.807) is 47.5 Å². The predicted molar refractivity (Wildman–Crippen MR) is 122 cm³/mol. The molecule has 0 bridgehead atoms. The molecule has 1 fully saturated rings. The van der Waals surface area contributed by atoms with E-state index in [0.29, 0.717) is 24.0 Å². The van der Waals surface area contributed by atoms with Gasteiger partial charge in [-0.15, -0.1) is 0 Å². The number of hydrogen-bond donors (Lipinski definition) is 0. The number of rotatable bonds is 6. The van der Waals surface area contributed by atoms with Crippen molar-refractivity contribution in [3.8, 4) is 0 Å². The molecule has 2 heterocycles. The molecule has 8 heteroatoms. The standard InChI is InChI=1S/C23H26ClN3O3S/c1-17-25-9-12-27(17)16-18-6-10-26(11-7-18)23(28)8-13-31(29,30)22-5-3-19-14-21(24)4-2-20(19)15-22/h2-5,9,12,14-15,18H,6-8,10-11,13,16H2,1H3. The van der Waals surface area contributed by atoms with Gasteiger partial charge in [0.1, 0.15) is 5.82 Å². The minimum Gasteiger partial charge on any atom is -0.343 e. The number of piperidine rings is 1. The third-order valence-corrected chi connectivity index (χ3v) is 8.01. The Balaban J connectivity index is 1.32. The Kier molecular flexibility index (Phi) is 6.34. The first kappa shape index (κ1) is 21.8. The molecule has 0 aliphatic carbocycles. The summed E-state index contributed by atoms with van der Waals surface area (Å²) in [5, 5.41) is 2.31. The molecule has 1 aliphatic heterocycles. The van der Waals surface area contributed by atoms with Gasteiger partial charge in [0.05, 0.1) is 10.6 Å². The van der Waals surface area contributed by atoms with Gasteiger partial charge in [0.2, 0.25) is 5.91 Å². The van der Waals surface area contributed by atoms with Crippen molar-refractivity contribution in [2.45, 2.75) is 37.6 Å². The zero-order valence-corrected chi connectivity index (χ0v) is 19.1. The Morgan fingerprint density at radius 2 is 1.84 bits per heavy atom. The lowest BCUT2D eigenvalue weighted by atomic mass is 9.96. The smallest absolute Gasteiger partial charge is 0.223 e. The molecular weight excluding hydrogens is 434 g/mol. The van der Waals surface area contributed by atoms with Crippen LogP contribution in [0.25, 0.3) is 10.8 Å². The molecule has 1 saturated heterocycles. The van der Waals surface area contributed by atoms with Crippen LogP contribution in [0.4, 0.5) is 0 Å². The van der Waals surface area contributed by atoms with Gasteiger partial charge < -0.3 is 9.47 Å². The van der Waals surface area contributed by atoms with Crippen molar-refractivity contribution in [2.24, 2.45) is 5.92 Å². The van der Waals surface area contributed by atoms with Crippen molar-refractivity contribution in [1.29, 1.82) is 0 Å². The lowest BCUT2D eigenvalue weighted by Gasteiger charge is -2.32. The number of sulfone groups is 1. The van der Waals surface area contributed by atoms with Gasteiger partial charge in [-0.05, 0) is 60.7 Å². The Labute approximate surface area is 187 Å². The number of halogens is 1. The number of likely N-dealkylation sites (tertiary alicyclic amines) is 1. The third kappa shape index (κ3) is 5.10. The molecule has 31 heavy (non-hydrogen) atoms. The molecule has 2 aromatic carbocycles. The van der Waals surface area contributed by atoms with Crippen molar-refractivity contribution in [3.63, 3.8) is 0 Å². The minimum atomic E-state index is -3.54. The SMILES string of the molecule is Cc1nccn1CC1CCN(C(=O)CCS(=O)(=O)c2ccc3cc(Cl)ccc3c2)CC1. The monoisotopic (exact) mass is 459 g/mol. The van der Waals surface area contributed by atoms with Crippen LogP contribution >= 0.6 is 11.6 Å². The van der Waals surface area contributed by atoms with Crippen molar-refractivity contribution >= 4 is 38.1 Å². The molecule has 4 rings (SSSR count). The van der Waals surface area contributed by atoms with Crippen LogP contribution in [0.1, 0.15) is 25.1 Å². The minimum absolute atomic E-state index is 0.00623. The van der Waals surface area contributed by atoms with Gasteiger partial charge in [0.15, 0.2) is 9.84 Å². The van der Waals surface area contributed by atoms with Gasteiger partial charge in [-0.1, -0.05) is 23.7 Å². The Bertz CT molecular complexity index is 1200. The number of benzene rings is 2. The summed E-state index contributed by atoms with van der Waals surface area (Å²) in [7, 11) is -3.54. The van der Waals surface area contributed by atoms with E-state index in [0.717, 1.165) is 36.0 Å². The van der Waals surface area contributed by atoms with E-state index in [2.05, 4.69) is 9.55 Å². The van der Waals surface area contributed by atoms with Crippen molar-refractivity contribution < 1.29 is 13.2 Å². The average Bonchev–Trinajstić information content (AvgIpc) is 3.16. The van der Waals surface area contributed by atoms with E-state index in [-0.39, 0.29) is 23.0 Å². The van der Waals surface area contributed by atoms with Gasteiger partial charge in [0.25, 0.3) is 0 Å². The van der Waals surface area contributed by atoms with E-state index in [4.69, 9.17) is 11.6 Å². The number of aryl methyl sites for hydroxylation is 1. The Hall–Kier alpha value is -2.38. The number of nitrogens with zero attached hydrogens (tertiary/aromatic N) is 3. The summed E-state index contributed by atoms with van der Waals surface area (Å²) in [4.78, 5) is 18.9. The molecule has 0 radical (unpaired) electrons. The third-order valence-electron chi connectivity index (χ3n) is 6.06. The molecule has 0 spiro atoms. The normalized spacial score (nSPS) is 15.5. The highest BCUT2D eigenvalue weighted by Gasteiger charge is 2.25. The zero-order valence-electron chi connectivity index (χ0n) is 17.5. The zero-order chi connectivity index (χ0) is 22.0. The number of hydrogen-bond acceptors (Lipinski definition) is 4. The molecule has 6 nitrogen and oxygen atoms in total. The van der Waals surface area contributed by atoms with Crippen molar-refractivity contribution in [3.05, 3.63) is 59.6 Å². The van der Waals surface area contributed by atoms with Gasteiger partial charge in [-0.3, -0.25) is 4.79 Å². The highest BCUT2D eigenvalue weighted by atomic mass is 35.5. The highest BCUT2D eigenvalue weighted by Crippen LogP contribution is 2.24. The maximum Gasteiger partial charge on any atom is 0.223 e. The van der Waals surface area contributed by atoms with E-state index in [9.17, 15) is 13.2 Å². The second-order valence-corrected chi connectivity index (χ2v) is 10.7. The van der Waals surface area contributed by atoms with Gasteiger partial charge in [0, 0.05) is 43.5 Å². The van der Waals surface area contributed by atoms with Gasteiger partial charge in [-0.25, -0.2) is 13.4 Å². The predicted octanol–water partition coefficient (Wildman–Crippen LogP) is 4.10. The maximum atomic E-state index is 12.8. The van der Waals surface area contributed by atoms with Crippen molar-refractivity contribution in [2.75, 3.05) is 18.8 Å². The summed E-state index contributed by atoms with van der Waals surface area (Å²) in [5.74, 6) is 1.24. The van der Waals surface area contributed by atoms with Gasteiger partial charge >= 0.3 is 0 Å². The molecule has 1 aliphatic rings. The van der Waals surface area contributed by atoms with E-state index < -0.39 is 9.84 Å². The topological polar surface area (TPSA) is 72.3 Å². The lowest BCUT2D eigenvalue weighted by Crippen LogP contribution is -2.40. The molecular formula is C23H26ClN3O3S. The fourth-order valence-corrected chi connectivity index (χ4v) is 5.57. The van der Waals surface area contributed by atoms with Crippen molar-refractivity contribution in [1.82, 2.24) is 14.5 Å². The summed E-state index contributed by atoms with van der Waals surface area (Å²) in [6.45, 7) is 4.25. The molecule has 1 amide bonds. The quantitative estimate of drug-likeness (QED) is 0.556. The summed E-state index contributed by atoms with van der Waals surface area (Å²) < 4.78 is 27.7. The largest absolute Gasteiger partial charge is 0.343 e. The van der Waals surface area contributed by atoms with Crippen LogP contribution in [0.15, 0.2) is 53.7 Å². The number of aromatic nitrogens is 2. The summed E-state index contributed by atoms with van der Waals surface area (Å²) in [6.07, 6.45) is 5.64. The Morgan fingerprint density at radius 1 is 1.13 bits per heavy atom. The molecule has 3 aromatic rings. The molecule has 0 unspecified atom stereocenters. The average molecular weight is 460 g/mol. The van der Waals surface area contributed by atoms with Crippen LogP contribution in [0.2, 0.25) is 5.02 Å². The highest BCUT2D eigenvalue weighted by molar-refractivity contribution is 7.91. The van der Waals surface area contributed by atoms with E-state index in [1.807, 2.05) is 13.1 Å². The van der Waals surface area contributed by atoms with Crippen LogP contribution in [0.3, 0.4) is 0 Å². The summed E-state index contributed by atoms with van der Waals surface area (Å²) in [5.41, 5.74) is 0. The second-order valence-electron chi connectivity index (χ2n) is 8.17. The first-order valence-corrected chi connectivity index (χ1v) is 12.5. The van der Waals surface area contributed by atoms with Crippen LogP contribution < -0.4 is 0 Å². The van der Waals surface area contributed by atoms with Crippen LogP contribution in [0, 0.1) is 12.8 Å². The van der Waals surface area contributed by atoms with Crippen LogP contribution in [-0.4, -0.2) is 47.6 Å². The fraction of sp³-hybridized carbons (Fsp3) is 0.391. The van der Waals surface area contributed by atoms with Crippen LogP contribution in [0.5, 0.6) is 0 Å². The Morgan fingerprint density at radius 3 is 2.55 bits per heavy atom. The number of carbonyl (C=O) groups is 1. The summed E-state index contributed by atoms with van der Waals surface area (Å²) in [6, 6.07) is 10.3. The molecule has 0 atom stereocenters. The molecule has 164 valence electrons. The molecule has 1 aromatic heterocycles. The first-order chi connectivity index (χ1) is 14.8.